The fourth-order valence-electron chi connectivity index (χ4n) is 2.67. The van der Waals surface area contributed by atoms with Crippen molar-refractivity contribution in [2.24, 2.45) is 5.11 Å². The van der Waals surface area contributed by atoms with Crippen LogP contribution < -0.4 is 0 Å². The van der Waals surface area contributed by atoms with Gasteiger partial charge in [-0.3, -0.25) is 0 Å². The summed E-state index contributed by atoms with van der Waals surface area (Å²) < 4.78 is 0. The molecule has 3 aromatic carbocycles. The third-order valence-electron chi connectivity index (χ3n) is 3.81. The number of hydrogen-bond acceptors (Lipinski definition) is 1. The van der Waals surface area contributed by atoms with Crippen LogP contribution in [-0.2, 0) is 0 Å². The number of azide groups is 1. The van der Waals surface area contributed by atoms with Gasteiger partial charge in [0.15, 0.2) is 0 Å². The maximum absolute atomic E-state index is 9.09. The Morgan fingerprint density at radius 1 is 0.792 bits per heavy atom. The Bertz CT molecular complexity index is 849. The lowest BCUT2D eigenvalue weighted by atomic mass is 9.92. The van der Waals surface area contributed by atoms with Crippen molar-refractivity contribution in [1.29, 1.82) is 0 Å². The van der Waals surface area contributed by atoms with Crippen molar-refractivity contribution in [3.63, 3.8) is 0 Å². The highest BCUT2D eigenvalue weighted by atomic mass is 15.1. The van der Waals surface area contributed by atoms with Crippen molar-refractivity contribution < 1.29 is 0 Å². The molecule has 0 heterocycles. The quantitative estimate of drug-likeness (QED) is 0.230. The van der Waals surface area contributed by atoms with Crippen LogP contribution in [0.25, 0.3) is 22.1 Å². The van der Waals surface area contributed by atoms with E-state index in [4.69, 9.17) is 5.53 Å². The minimum atomic E-state index is -0.376. The molecule has 0 aliphatic carbocycles. The van der Waals surface area contributed by atoms with Gasteiger partial charge in [0.05, 0.1) is 6.04 Å². The van der Waals surface area contributed by atoms with Gasteiger partial charge in [-0.2, -0.15) is 0 Å². The third-order valence-corrected chi connectivity index (χ3v) is 3.81. The molecule has 3 nitrogen and oxygen atoms in total. The minimum Gasteiger partial charge on any atom is -0.0811 e. The van der Waals surface area contributed by atoms with Crippen molar-refractivity contribution in [3.8, 4) is 0 Å². The van der Waals surface area contributed by atoms with Crippen LogP contribution in [0, 0.1) is 0 Å². The van der Waals surface area contributed by atoms with E-state index in [9.17, 15) is 0 Å². The molecular weight excluding hydrogens is 294 g/mol. The van der Waals surface area contributed by atoms with Gasteiger partial charge in [0.2, 0.25) is 0 Å². The van der Waals surface area contributed by atoms with Gasteiger partial charge < -0.3 is 0 Å². The second kappa shape index (κ2) is 7.82. The molecule has 1 unspecified atom stereocenters. The van der Waals surface area contributed by atoms with Crippen LogP contribution in [0.4, 0.5) is 0 Å². The molecule has 1 atom stereocenters. The van der Waals surface area contributed by atoms with E-state index in [-0.39, 0.29) is 6.04 Å². The molecular formula is C21H17N3. The molecule has 0 bridgehead atoms. The Balaban J connectivity index is 2.16. The lowest BCUT2D eigenvalue weighted by Gasteiger charge is -2.17. The van der Waals surface area contributed by atoms with E-state index in [1.807, 2.05) is 91.0 Å². The molecule has 3 rings (SSSR count). The summed E-state index contributed by atoms with van der Waals surface area (Å²) in [5, 5.41) is 4.08. The molecule has 0 fully saturated rings. The molecule has 3 heteroatoms. The predicted molar refractivity (Wildman–Crippen MR) is 99.1 cm³/mol. The minimum absolute atomic E-state index is 0.376. The van der Waals surface area contributed by atoms with Gasteiger partial charge in [-0.05, 0) is 27.8 Å². The van der Waals surface area contributed by atoms with Gasteiger partial charge in [-0.15, -0.1) is 0 Å². The van der Waals surface area contributed by atoms with Gasteiger partial charge in [0.1, 0.15) is 0 Å². The van der Waals surface area contributed by atoms with E-state index in [1.54, 1.807) is 0 Å². The Morgan fingerprint density at radius 3 is 1.92 bits per heavy atom. The highest BCUT2D eigenvalue weighted by Crippen LogP contribution is 2.35. The smallest absolute Gasteiger partial charge is 0.0811 e. The molecule has 0 aliphatic heterocycles. The van der Waals surface area contributed by atoms with Crippen molar-refractivity contribution in [3.05, 3.63) is 118 Å². The summed E-state index contributed by atoms with van der Waals surface area (Å²) in [6.45, 7) is 0. The summed E-state index contributed by atoms with van der Waals surface area (Å²) in [5.74, 6) is 0. The predicted octanol–water partition coefficient (Wildman–Crippen LogP) is 6.28. The van der Waals surface area contributed by atoms with Crippen LogP contribution in [0.3, 0.4) is 0 Å². The number of benzene rings is 3. The summed E-state index contributed by atoms with van der Waals surface area (Å²) in [5.41, 5.74) is 13.2. The van der Waals surface area contributed by atoms with Crippen LogP contribution in [0.15, 0.2) is 96.1 Å². The lowest BCUT2D eigenvalue weighted by Crippen LogP contribution is -1.99. The standard InChI is InChI=1S/C21H17N3/c22-24-23-21(19-14-8-3-9-15-19)20(18-12-6-2-7-13-18)16-17-10-4-1-5-11-17/h1-16,21H/b20-16-. The van der Waals surface area contributed by atoms with Gasteiger partial charge >= 0.3 is 0 Å². The molecule has 0 aromatic heterocycles. The van der Waals surface area contributed by atoms with Gasteiger partial charge in [0.25, 0.3) is 0 Å². The first-order valence-electron chi connectivity index (χ1n) is 7.79. The highest BCUT2D eigenvalue weighted by molar-refractivity contribution is 5.85. The number of rotatable bonds is 5. The van der Waals surface area contributed by atoms with Crippen molar-refractivity contribution in [1.82, 2.24) is 0 Å². The van der Waals surface area contributed by atoms with Crippen LogP contribution in [0.5, 0.6) is 0 Å². The molecule has 0 aliphatic rings. The Morgan fingerprint density at radius 2 is 1.33 bits per heavy atom. The highest BCUT2D eigenvalue weighted by Gasteiger charge is 2.16. The molecule has 3 aromatic rings. The molecule has 0 spiro atoms. The van der Waals surface area contributed by atoms with E-state index < -0.39 is 0 Å². The summed E-state index contributed by atoms with van der Waals surface area (Å²) in [6, 6.07) is 29.6. The largest absolute Gasteiger partial charge is 0.0882 e. The van der Waals surface area contributed by atoms with Crippen molar-refractivity contribution in [2.75, 3.05) is 0 Å². The Hall–Kier alpha value is -3.29. The summed E-state index contributed by atoms with van der Waals surface area (Å²) in [6.07, 6.45) is 2.08. The first-order chi connectivity index (χ1) is 11.9. The van der Waals surface area contributed by atoms with E-state index >= 15 is 0 Å². The average Bonchev–Trinajstić information content (AvgIpc) is 2.67. The molecule has 0 amide bonds. The lowest BCUT2D eigenvalue weighted by molar-refractivity contribution is 0.921. The number of nitrogens with zero attached hydrogens (tertiary/aromatic N) is 3. The van der Waals surface area contributed by atoms with E-state index in [0.717, 1.165) is 22.3 Å². The Labute approximate surface area is 141 Å². The molecule has 116 valence electrons. The first-order valence-corrected chi connectivity index (χ1v) is 7.79. The summed E-state index contributed by atoms with van der Waals surface area (Å²) in [7, 11) is 0. The normalized spacial score (nSPS) is 12.2. The zero-order valence-corrected chi connectivity index (χ0v) is 13.2. The Kier molecular flexibility index (Phi) is 5.08. The maximum atomic E-state index is 9.09. The van der Waals surface area contributed by atoms with E-state index in [2.05, 4.69) is 16.1 Å². The van der Waals surface area contributed by atoms with Gasteiger partial charge in [0, 0.05) is 4.91 Å². The molecule has 0 saturated heterocycles. The molecule has 0 N–H and O–H groups in total. The van der Waals surface area contributed by atoms with Crippen molar-refractivity contribution >= 4 is 11.6 Å². The number of hydrogen-bond donors (Lipinski definition) is 0. The monoisotopic (exact) mass is 311 g/mol. The van der Waals surface area contributed by atoms with Gasteiger partial charge in [-0.25, -0.2) is 0 Å². The SMILES string of the molecule is [N-]=[N+]=NC(/C(=C\c1ccccc1)c1ccccc1)c1ccccc1. The zero-order valence-electron chi connectivity index (χ0n) is 13.2. The molecule has 0 saturated carbocycles. The van der Waals surface area contributed by atoms with E-state index in [0.29, 0.717) is 0 Å². The van der Waals surface area contributed by atoms with Crippen LogP contribution >= 0.6 is 0 Å². The van der Waals surface area contributed by atoms with Gasteiger partial charge in [-0.1, -0.05) is 102 Å². The van der Waals surface area contributed by atoms with Crippen molar-refractivity contribution in [2.45, 2.75) is 6.04 Å². The first kappa shape index (κ1) is 15.6. The second-order valence-electron chi connectivity index (χ2n) is 5.39. The fraction of sp³-hybridized carbons (Fsp3) is 0.0476. The van der Waals surface area contributed by atoms with Crippen LogP contribution in [-0.4, -0.2) is 0 Å². The maximum Gasteiger partial charge on any atom is 0.0882 e. The summed E-state index contributed by atoms with van der Waals surface area (Å²) >= 11 is 0. The third kappa shape index (κ3) is 3.72. The molecule has 0 radical (unpaired) electrons. The fourth-order valence-corrected chi connectivity index (χ4v) is 2.67. The van der Waals surface area contributed by atoms with Crippen LogP contribution in [0.1, 0.15) is 22.7 Å². The van der Waals surface area contributed by atoms with Crippen LogP contribution in [0.2, 0.25) is 0 Å². The summed E-state index contributed by atoms with van der Waals surface area (Å²) in [4.78, 5) is 3.08. The molecule has 24 heavy (non-hydrogen) atoms. The zero-order chi connectivity index (χ0) is 16.6. The average molecular weight is 311 g/mol. The van der Waals surface area contributed by atoms with E-state index in [1.165, 1.54) is 0 Å². The second-order valence-corrected chi connectivity index (χ2v) is 5.39. The topological polar surface area (TPSA) is 48.8 Å².